The molecule has 2 atom stereocenters. The van der Waals surface area contributed by atoms with Gasteiger partial charge in [-0.2, -0.15) is 0 Å². The first-order chi connectivity index (χ1) is 11.1. The summed E-state index contributed by atoms with van der Waals surface area (Å²) in [6.07, 6.45) is 3.16. The Morgan fingerprint density at radius 2 is 1.88 bits per heavy atom. The van der Waals surface area contributed by atoms with Gasteiger partial charge in [-0.25, -0.2) is 8.42 Å². The van der Waals surface area contributed by atoms with Crippen molar-refractivity contribution in [3.63, 3.8) is 0 Å². The summed E-state index contributed by atoms with van der Waals surface area (Å²) < 4.78 is 24.8. The molecule has 3 rings (SSSR count). The fourth-order valence-electron chi connectivity index (χ4n) is 4.03. The Balaban J connectivity index is 1.84. The van der Waals surface area contributed by atoms with Crippen LogP contribution in [0.15, 0.2) is 40.9 Å². The van der Waals surface area contributed by atoms with E-state index in [4.69, 9.17) is 0 Å². The largest absolute Gasteiger partial charge is 0.481 e. The molecule has 1 fully saturated rings. The van der Waals surface area contributed by atoms with Gasteiger partial charge in [0.05, 0.1) is 4.90 Å². The van der Waals surface area contributed by atoms with Crippen LogP contribution in [0.1, 0.15) is 32.3 Å². The van der Waals surface area contributed by atoms with Crippen LogP contribution in [0.2, 0.25) is 0 Å². The number of hydrogen-bond acceptors (Lipinski definition) is 4. The Labute approximate surface area is 142 Å². The molecule has 24 heavy (non-hydrogen) atoms. The fourth-order valence-corrected chi connectivity index (χ4v) is 4.89. The van der Waals surface area contributed by atoms with Gasteiger partial charge in [0.2, 0.25) is 0 Å². The van der Waals surface area contributed by atoms with Crippen molar-refractivity contribution in [2.24, 2.45) is 16.7 Å². The number of hydrazine groups is 1. The molecule has 0 spiro atoms. The maximum atomic E-state index is 12.4. The molecule has 2 aliphatic rings. The number of benzene rings is 1. The minimum Gasteiger partial charge on any atom is -0.481 e. The van der Waals surface area contributed by atoms with Crippen LogP contribution in [0.3, 0.4) is 0 Å². The molecule has 3 N–H and O–H groups in total. The van der Waals surface area contributed by atoms with E-state index >= 15 is 0 Å². The number of carboxylic acids is 1. The second-order valence-electron chi connectivity index (χ2n) is 7.20. The molecule has 1 saturated carbocycles. The summed E-state index contributed by atoms with van der Waals surface area (Å²) in [5.41, 5.74) is 2.56. The molecule has 0 amide bonds. The Morgan fingerprint density at radius 1 is 1.25 bits per heavy atom. The van der Waals surface area contributed by atoms with E-state index in [1.807, 2.05) is 26.8 Å². The van der Waals surface area contributed by atoms with E-state index in [0.29, 0.717) is 12.1 Å². The number of carboxylic acid groups (broad SMARTS) is 1. The van der Waals surface area contributed by atoms with E-state index in [2.05, 4.69) is 10.3 Å². The number of sulfonamides is 1. The summed E-state index contributed by atoms with van der Waals surface area (Å²) in [6, 6.07) is 6.47. The maximum absolute atomic E-state index is 12.4. The summed E-state index contributed by atoms with van der Waals surface area (Å²) in [6.45, 7) is 5.73. The smallest absolute Gasteiger partial charge is 0.316 e. The normalized spacial score (nSPS) is 27.8. The molecule has 1 aromatic rings. The van der Waals surface area contributed by atoms with E-state index in [0.717, 1.165) is 12.0 Å². The zero-order chi connectivity index (χ0) is 17.8. The van der Waals surface area contributed by atoms with Crippen LogP contribution in [-0.4, -0.2) is 19.5 Å². The average molecular weight is 350 g/mol. The molecule has 1 aromatic carbocycles. The minimum absolute atomic E-state index is 0.125. The summed E-state index contributed by atoms with van der Waals surface area (Å²) in [5, 5.41) is 9.82. The van der Waals surface area contributed by atoms with Crippen LogP contribution in [0, 0.1) is 23.7 Å². The summed E-state index contributed by atoms with van der Waals surface area (Å²) in [4.78, 5) is 14.4. The first kappa shape index (κ1) is 17.0. The third-order valence-corrected chi connectivity index (χ3v) is 6.96. The second-order valence-corrected chi connectivity index (χ2v) is 8.88. The van der Waals surface area contributed by atoms with Gasteiger partial charge >= 0.3 is 5.97 Å². The molecule has 2 unspecified atom stereocenters. The first-order valence-corrected chi connectivity index (χ1v) is 9.40. The molecule has 2 aliphatic carbocycles. The van der Waals surface area contributed by atoms with Crippen LogP contribution in [0.4, 0.5) is 0 Å². The van der Waals surface area contributed by atoms with Crippen LogP contribution in [0.5, 0.6) is 0 Å². The lowest BCUT2D eigenvalue weighted by Gasteiger charge is -2.36. The van der Waals surface area contributed by atoms with Gasteiger partial charge in [-0.05, 0) is 43.2 Å². The quantitative estimate of drug-likeness (QED) is 0.708. The highest BCUT2D eigenvalue weighted by molar-refractivity contribution is 7.89. The molecule has 7 heteroatoms. The van der Waals surface area contributed by atoms with Crippen molar-refractivity contribution in [3.8, 4) is 0 Å². The van der Waals surface area contributed by atoms with E-state index in [-0.39, 0.29) is 10.8 Å². The Hall–Kier alpha value is -1.86. The van der Waals surface area contributed by atoms with Gasteiger partial charge < -0.3 is 10.5 Å². The number of aliphatic carboxylic acids is 1. The number of nitrogens with one attached hydrogen (secondary N) is 2. The molecule has 0 aromatic heterocycles. The molecule has 130 valence electrons. The standard InChI is InChI=1S/C17H22N2O4S/c1-11-4-6-13(7-5-11)24(22,23)19-18-14-10-12-8-9-17(14,15(20)21)16(12,2)3/h4-7,10,12,18-19H,8-9H2,1-3H3,(H,20,21). The number of rotatable bonds is 5. The SMILES string of the molecule is Cc1ccc(S(=O)(=O)NNC2=CC3CCC2(C(=O)O)C3(C)C)cc1. The second kappa shape index (κ2) is 5.32. The molecular weight excluding hydrogens is 328 g/mol. The van der Waals surface area contributed by atoms with E-state index in [1.165, 1.54) is 12.1 Å². The fraction of sp³-hybridized carbons (Fsp3) is 0.471. The lowest BCUT2D eigenvalue weighted by Crippen LogP contribution is -2.48. The zero-order valence-electron chi connectivity index (χ0n) is 14.0. The van der Waals surface area contributed by atoms with Crippen LogP contribution < -0.4 is 10.3 Å². The van der Waals surface area contributed by atoms with Crippen molar-refractivity contribution < 1.29 is 18.3 Å². The molecule has 0 heterocycles. The number of hydrogen-bond donors (Lipinski definition) is 3. The highest BCUT2D eigenvalue weighted by atomic mass is 32.2. The highest BCUT2D eigenvalue weighted by Gasteiger charge is 2.65. The van der Waals surface area contributed by atoms with Crippen molar-refractivity contribution in [3.05, 3.63) is 41.6 Å². The minimum atomic E-state index is -3.77. The van der Waals surface area contributed by atoms with Gasteiger partial charge in [-0.15, -0.1) is 4.83 Å². The Kier molecular flexibility index (Phi) is 3.77. The molecule has 0 radical (unpaired) electrons. The molecule has 0 saturated heterocycles. The topological polar surface area (TPSA) is 95.5 Å². The van der Waals surface area contributed by atoms with Gasteiger partial charge in [-0.3, -0.25) is 4.79 Å². The number of aryl methyl sites for hydroxylation is 1. The lowest BCUT2D eigenvalue weighted by molar-refractivity contribution is -0.151. The van der Waals surface area contributed by atoms with Crippen LogP contribution in [0.25, 0.3) is 0 Å². The van der Waals surface area contributed by atoms with Crippen molar-refractivity contribution in [2.45, 2.75) is 38.5 Å². The average Bonchev–Trinajstić information content (AvgIpc) is 2.90. The first-order valence-electron chi connectivity index (χ1n) is 7.91. The zero-order valence-corrected chi connectivity index (χ0v) is 14.8. The number of allylic oxidation sites excluding steroid dienone is 1. The van der Waals surface area contributed by atoms with Crippen molar-refractivity contribution >= 4 is 16.0 Å². The van der Waals surface area contributed by atoms with E-state index < -0.39 is 26.8 Å². The molecule has 2 bridgehead atoms. The summed E-state index contributed by atoms with van der Waals surface area (Å²) in [7, 11) is -3.77. The molecule has 0 aliphatic heterocycles. The lowest BCUT2D eigenvalue weighted by atomic mass is 9.68. The van der Waals surface area contributed by atoms with Crippen LogP contribution in [-0.2, 0) is 14.8 Å². The Bertz CT molecular complexity index is 811. The highest BCUT2D eigenvalue weighted by Crippen LogP contribution is 2.64. The van der Waals surface area contributed by atoms with Gasteiger partial charge in [0.25, 0.3) is 10.0 Å². The van der Waals surface area contributed by atoms with E-state index in [1.54, 1.807) is 12.1 Å². The monoisotopic (exact) mass is 350 g/mol. The van der Waals surface area contributed by atoms with Crippen molar-refractivity contribution in [2.75, 3.05) is 0 Å². The molecule has 6 nitrogen and oxygen atoms in total. The van der Waals surface area contributed by atoms with E-state index in [9.17, 15) is 18.3 Å². The van der Waals surface area contributed by atoms with Gasteiger partial charge in [0, 0.05) is 5.70 Å². The molecular formula is C17H22N2O4S. The van der Waals surface area contributed by atoms with Gasteiger partial charge in [0.15, 0.2) is 0 Å². The number of carbonyl (C=O) groups is 1. The van der Waals surface area contributed by atoms with Gasteiger partial charge in [-0.1, -0.05) is 37.6 Å². The summed E-state index contributed by atoms with van der Waals surface area (Å²) in [5.74, 6) is -0.791. The third kappa shape index (κ3) is 2.26. The number of fused-ring (bicyclic) bond motifs is 2. The van der Waals surface area contributed by atoms with Gasteiger partial charge in [0.1, 0.15) is 5.41 Å². The van der Waals surface area contributed by atoms with Crippen molar-refractivity contribution in [1.82, 2.24) is 10.3 Å². The Morgan fingerprint density at radius 3 is 2.42 bits per heavy atom. The maximum Gasteiger partial charge on any atom is 0.316 e. The predicted octanol–water partition coefficient (Wildman–Crippen LogP) is 2.18. The third-order valence-electron chi connectivity index (χ3n) is 5.70. The van der Waals surface area contributed by atoms with Crippen LogP contribution >= 0.6 is 0 Å². The predicted molar refractivity (Wildman–Crippen MR) is 89.3 cm³/mol. The summed E-state index contributed by atoms with van der Waals surface area (Å²) >= 11 is 0. The van der Waals surface area contributed by atoms with Crippen molar-refractivity contribution in [1.29, 1.82) is 0 Å².